The molecule has 2 N–H and O–H groups in total. The quantitative estimate of drug-likeness (QED) is 0.834. The Hall–Kier alpha value is -1.40. The number of nitrogens with one attached hydrogen (secondary N) is 2. The first-order chi connectivity index (χ1) is 9.27. The monoisotopic (exact) mass is 298 g/mol. The van der Waals surface area contributed by atoms with E-state index >= 15 is 0 Å². The molecule has 1 amide bonds. The highest BCUT2D eigenvalue weighted by molar-refractivity contribution is 7.89. The van der Waals surface area contributed by atoms with Gasteiger partial charge in [-0.25, -0.2) is 13.1 Å². The van der Waals surface area contributed by atoms with E-state index in [1.165, 1.54) is 0 Å². The summed E-state index contributed by atoms with van der Waals surface area (Å²) in [5, 5.41) is 2.63. The van der Waals surface area contributed by atoms with Crippen LogP contribution in [-0.4, -0.2) is 27.4 Å². The third-order valence-electron chi connectivity index (χ3n) is 2.89. The number of carbonyl (C=O) groups excluding carboxylic acids is 1. The summed E-state index contributed by atoms with van der Waals surface area (Å²) in [4.78, 5) is 11.6. The average Bonchev–Trinajstić information content (AvgIpc) is 2.26. The largest absolute Gasteiger partial charge is 0.356 e. The number of benzene rings is 1. The second-order valence-electron chi connectivity index (χ2n) is 4.83. The van der Waals surface area contributed by atoms with Gasteiger partial charge in [0.05, 0.1) is 4.90 Å². The maximum Gasteiger partial charge on any atom is 0.241 e. The molecule has 0 heterocycles. The van der Waals surface area contributed by atoms with Crippen LogP contribution in [0.2, 0.25) is 0 Å². The first kappa shape index (κ1) is 16.7. The number of hydrogen-bond donors (Lipinski definition) is 2. The third-order valence-corrected chi connectivity index (χ3v) is 4.66. The molecule has 1 rings (SSSR count). The Morgan fingerprint density at radius 3 is 2.20 bits per heavy atom. The zero-order valence-corrected chi connectivity index (χ0v) is 13.2. The lowest BCUT2D eigenvalue weighted by molar-refractivity contribution is -0.120. The molecular weight excluding hydrogens is 276 g/mol. The first-order valence-electron chi connectivity index (χ1n) is 6.62. The second-order valence-corrected chi connectivity index (χ2v) is 6.53. The molecule has 20 heavy (non-hydrogen) atoms. The van der Waals surface area contributed by atoms with Crippen molar-refractivity contribution >= 4 is 15.9 Å². The molecule has 5 nitrogen and oxygen atoms in total. The Balaban J connectivity index is 2.82. The zero-order chi connectivity index (χ0) is 15.3. The number of aryl methyl sites for hydroxylation is 3. The van der Waals surface area contributed by atoms with Crippen molar-refractivity contribution in [3.8, 4) is 0 Å². The van der Waals surface area contributed by atoms with Gasteiger partial charge in [-0.2, -0.15) is 0 Å². The van der Waals surface area contributed by atoms with Crippen LogP contribution in [0.1, 0.15) is 30.0 Å². The van der Waals surface area contributed by atoms with Crippen molar-refractivity contribution in [3.05, 3.63) is 28.8 Å². The molecule has 0 aliphatic rings. The number of sulfonamides is 1. The van der Waals surface area contributed by atoms with Gasteiger partial charge in [0.25, 0.3) is 0 Å². The summed E-state index contributed by atoms with van der Waals surface area (Å²) in [5.74, 6) is -0.160. The van der Waals surface area contributed by atoms with E-state index < -0.39 is 10.0 Å². The van der Waals surface area contributed by atoms with Crippen LogP contribution >= 0.6 is 0 Å². The summed E-state index contributed by atoms with van der Waals surface area (Å²) in [6.45, 7) is 7.94. The topological polar surface area (TPSA) is 75.3 Å². The van der Waals surface area contributed by atoms with Gasteiger partial charge in [0.2, 0.25) is 15.9 Å². The zero-order valence-electron chi connectivity index (χ0n) is 12.4. The molecular formula is C14H22N2O3S. The number of carbonyl (C=O) groups is 1. The highest BCUT2D eigenvalue weighted by Crippen LogP contribution is 2.21. The Bertz CT molecular complexity index is 571. The normalized spacial score (nSPS) is 11.4. The fourth-order valence-corrected chi connectivity index (χ4v) is 3.73. The van der Waals surface area contributed by atoms with E-state index in [9.17, 15) is 13.2 Å². The van der Waals surface area contributed by atoms with Crippen LogP contribution in [0.25, 0.3) is 0 Å². The van der Waals surface area contributed by atoms with E-state index in [4.69, 9.17) is 0 Å². The number of amides is 1. The van der Waals surface area contributed by atoms with Crippen molar-refractivity contribution in [2.75, 3.05) is 13.1 Å². The summed E-state index contributed by atoms with van der Waals surface area (Å²) < 4.78 is 27.0. The fourth-order valence-electron chi connectivity index (χ4n) is 2.25. The van der Waals surface area contributed by atoms with Crippen molar-refractivity contribution in [1.82, 2.24) is 10.0 Å². The van der Waals surface area contributed by atoms with Crippen LogP contribution < -0.4 is 10.0 Å². The van der Waals surface area contributed by atoms with Gasteiger partial charge in [-0.1, -0.05) is 17.7 Å². The Kier molecular flexibility index (Phi) is 5.71. The van der Waals surface area contributed by atoms with Gasteiger partial charge in [0, 0.05) is 19.5 Å². The summed E-state index contributed by atoms with van der Waals surface area (Å²) in [6.07, 6.45) is 0.136. The average molecular weight is 298 g/mol. The molecule has 0 aliphatic heterocycles. The molecule has 1 aromatic rings. The van der Waals surface area contributed by atoms with Gasteiger partial charge in [0.15, 0.2) is 0 Å². The van der Waals surface area contributed by atoms with Gasteiger partial charge >= 0.3 is 0 Å². The van der Waals surface area contributed by atoms with Crippen LogP contribution in [0.3, 0.4) is 0 Å². The van der Waals surface area contributed by atoms with Gasteiger partial charge < -0.3 is 5.32 Å². The molecule has 6 heteroatoms. The second kappa shape index (κ2) is 6.85. The van der Waals surface area contributed by atoms with E-state index in [-0.39, 0.29) is 18.9 Å². The predicted octanol–water partition coefficient (Wildman–Crippen LogP) is 1.42. The van der Waals surface area contributed by atoms with Gasteiger partial charge in [-0.15, -0.1) is 0 Å². The molecule has 0 fully saturated rings. The van der Waals surface area contributed by atoms with Gasteiger partial charge in [0.1, 0.15) is 0 Å². The molecule has 0 unspecified atom stereocenters. The van der Waals surface area contributed by atoms with Crippen LogP contribution in [0, 0.1) is 20.8 Å². The van der Waals surface area contributed by atoms with Crippen molar-refractivity contribution in [3.63, 3.8) is 0 Å². The summed E-state index contributed by atoms with van der Waals surface area (Å²) in [6, 6.07) is 3.68. The van der Waals surface area contributed by atoms with Crippen molar-refractivity contribution in [2.24, 2.45) is 0 Å². The molecule has 0 radical (unpaired) electrons. The highest BCUT2D eigenvalue weighted by atomic mass is 32.2. The number of rotatable bonds is 6. The lowest BCUT2D eigenvalue weighted by atomic mass is 10.1. The summed E-state index contributed by atoms with van der Waals surface area (Å²) >= 11 is 0. The maximum atomic E-state index is 12.3. The van der Waals surface area contributed by atoms with E-state index in [2.05, 4.69) is 10.0 Å². The third kappa shape index (κ3) is 4.31. The first-order valence-corrected chi connectivity index (χ1v) is 8.10. The molecule has 112 valence electrons. The minimum atomic E-state index is -3.58. The maximum absolute atomic E-state index is 12.3. The van der Waals surface area contributed by atoms with Crippen molar-refractivity contribution in [1.29, 1.82) is 0 Å². The summed E-state index contributed by atoms with van der Waals surface area (Å²) in [7, 11) is -3.58. The lowest BCUT2D eigenvalue weighted by Crippen LogP contribution is -2.31. The molecule has 1 aromatic carbocycles. The standard InChI is InChI=1S/C14H22N2O3S/c1-5-15-13(17)6-7-16-20(18,19)14-11(3)8-10(2)9-12(14)4/h8-9,16H,5-7H2,1-4H3,(H,15,17). The van der Waals surface area contributed by atoms with Crippen molar-refractivity contribution < 1.29 is 13.2 Å². The molecule has 0 saturated heterocycles. The van der Waals surface area contributed by atoms with E-state index in [0.29, 0.717) is 22.6 Å². The molecule has 0 spiro atoms. The smallest absolute Gasteiger partial charge is 0.241 e. The fraction of sp³-hybridized carbons (Fsp3) is 0.500. The van der Waals surface area contributed by atoms with Gasteiger partial charge in [-0.05, 0) is 38.8 Å². The van der Waals surface area contributed by atoms with E-state index in [0.717, 1.165) is 5.56 Å². The Labute approximate surface area is 120 Å². The van der Waals surface area contributed by atoms with E-state index in [1.54, 1.807) is 13.8 Å². The van der Waals surface area contributed by atoms with Crippen LogP contribution in [-0.2, 0) is 14.8 Å². The van der Waals surface area contributed by atoms with Crippen LogP contribution in [0.15, 0.2) is 17.0 Å². The minimum Gasteiger partial charge on any atom is -0.356 e. The predicted molar refractivity (Wildman–Crippen MR) is 79.1 cm³/mol. The van der Waals surface area contributed by atoms with E-state index in [1.807, 2.05) is 26.0 Å². The Morgan fingerprint density at radius 2 is 1.70 bits per heavy atom. The number of hydrogen-bond acceptors (Lipinski definition) is 3. The Morgan fingerprint density at radius 1 is 1.15 bits per heavy atom. The minimum absolute atomic E-state index is 0.0981. The van der Waals surface area contributed by atoms with Crippen LogP contribution in [0.4, 0.5) is 0 Å². The molecule has 0 saturated carbocycles. The SMILES string of the molecule is CCNC(=O)CCNS(=O)(=O)c1c(C)cc(C)cc1C. The molecule has 0 atom stereocenters. The summed E-state index contributed by atoms with van der Waals surface area (Å²) in [5.41, 5.74) is 2.46. The van der Waals surface area contributed by atoms with Gasteiger partial charge in [-0.3, -0.25) is 4.79 Å². The molecule has 0 aromatic heterocycles. The molecule has 0 aliphatic carbocycles. The highest BCUT2D eigenvalue weighted by Gasteiger charge is 2.19. The van der Waals surface area contributed by atoms with Crippen LogP contribution in [0.5, 0.6) is 0 Å². The molecule has 0 bridgehead atoms. The van der Waals surface area contributed by atoms with Crippen molar-refractivity contribution in [2.45, 2.75) is 39.0 Å². The lowest BCUT2D eigenvalue weighted by Gasteiger charge is -2.13.